The molecule has 1 aliphatic rings. The summed E-state index contributed by atoms with van der Waals surface area (Å²) in [4.78, 5) is 17.8. The molecule has 3 N–H and O–H groups in total. The molecule has 11 heteroatoms. The molecular formula is C19H28F4IN5O. The van der Waals surface area contributed by atoms with E-state index in [1.165, 1.54) is 11.0 Å². The highest BCUT2D eigenvalue weighted by atomic mass is 127. The number of amides is 1. The van der Waals surface area contributed by atoms with Crippen molar-refractivity contribution in [2.75, 3.05) is 39.3 Å². The van der Waals surface area contributed by atoms with E-state index >= 15 is 0 Å². The van der Waals surface area contributed by atoms with Crippen molar-refractivity contribution >= 4 is 35.8 Å². The Morgan fingerprint density at radius 1 is 1.30 bits per heavy atom. The van der Waals surface area contributed by atoms with Gasteiger partial charge in [-0.1, -0.05) is 6.07 Å². The minimum atomic E-state index is -4.20. The van der Waals surface area contributed by atoms with Gasteiger partial charge in [0, 0.05) is 37.8 Å². The van der Waals surface area contributed by atoms with Crippen LogP contribution in [0.25, 0.3) is 0 Å². The van der Waals surface area contributed by atoms with E-state index in [0.717, 1.165) is 0 Å². The van der Waals surface area contributed by atoms with E-state index in [4.69, 9.17) is 0 Å². The van der Waals surface area contributed by atoms with Crippen LogP contribution >= 0.6 is 24.0 Å². The average molecular weight is 545 g/mol. The number of hydrogen-bond donors (Lipinski definition) is 3. The molecule has 1 aromatic carbocycles. The first-order chi connectivity index (χ1) is 13.7. The summed E-state index contributed by atoms with van der Waals surface area (Å²) in [7, 11) is 0. The van der Waals surface area contributed by atoms with Crippen molar-refractivity contribution in [2.24, 2.45) is 4.99 Å². The lowest BCUT2D eigenvalue weighted by molar-refractivity contribution is -0.143. The monoisotopic (exact) mass is 545 g/mol. The largest absolute Gasteiger partial charge is 0.401 e. The highest BCUT2D eigenvalue weighted by molar-refractivity contribution is 14.0. The van der Waals surface area contributed by atoms with Gasteiger partial charge in [0.25, 0.3) is 5.91 Å². The van der Waals surface area contributed by atoms with E-state index in [2.05, 4.69) is 20.9 Å². The van der Waals surface area contributed by atoms with Gasteiger partial charge < -0.3 is 16.0 Å². The van der Waals surface area contributed by atoms with Gasteiger partial charge in [0.05, 0.1) is 13.1 Å². The molecular weight excluding hydrogens is 517 g/mol. The summed E-state index contributed by atoms with van der Waals surface area (Å²) >= 11 is 0. The summed E-state index contributed by atoms with van der Waals surface area (Å²) in [6, 6.07) is 4.15. The Bertz CT molecular complexity index is 729. The quantitative estimate of drug-likeness (QED) is 0.162. The van der Waals surface area contributed by atoms with Crippen LogP contribution in [-0.2, 0) is 0 Å². The van der Waals surface area contributed by atoms with Gasteiger partial charge in [-0.2, -0.15) is 13.2 Å². The van der Waals surface area contributed by atoms with E-state index in [0.29, 0.717) is 37.6 Å². The van der Waals surface area contributed by atoms with Crippen molar-refractivity contribution in [3.8, 4) is 0 Å². The molecule has 1 saturated heterocycles. The first-order valence-corrected chi connectivity index (χ1v) is 9.56. The van der Waals surface area contributed by atoms with Crippen LogP contribution < -0.4 is 16.0 Å². The number of benzene rings is 1. The molecule has 2 rings (SSSR count). The molecule has 0 aliphatic carbocycles. The zero-order valence-electron chi connectivity index (χ0n) is 17.0. The first kappa shape index (κ1) is 26.4. The van der Waals surface area contributed by atoms with Gasteiger partial charge in [-0.15, -0.1) is 24.0 Å². The lowest BCUT2D eigenvalue weighted by Crippen LogP contribution is -2.45. The van der Waals surface area contributed by atoms with Gasteiger partial charge in [-0.3, -0.25) is 14.7 Å². The summed E-state index contributed by atoms with van der Waals surface area (Å²) in [6.45, 7) is 4.37. The van der Waals surface area contributed by atoms with Crippen LogP contribution in [0.3, 0.4) is 0 Å². The highest BCUT2D eigenvalue weighted by Gasteiger charge is 2.34. The topological polar surface area (TPSA) is 68.8 Å². The second kappa shape index (κ2) is 12.3. The smallest absolute Gasteiger partial charge is 0.357 e. The molecule has 30 heavy (non-hydrogen) atoms. The van der Waals surface area contributed by atoms with Gasteiger partial charge in [0.2, 0.25) is 0 Å². The van der Waals surface area contributed by atoms with Crippen molar-refractivity contribution in [3.63, 3.8) is 0 Å². The minimum Gasteiger partial charge on any atom is -0.357 e. The van der Waals surface area contributed by atoms with Crippen molar-refractivity contribution < 1.29 is 22.4 Å². The fraction of sp³-hybridized carbons (Fsp3) is 0.579. The number of nitrogens with one attached hydrogen (secondary N) is 3. The summed E-state index contributed by atoms with van der Waals surface area (Å²) in [5.41, 5.74) is 0.700. The van der Waals surface area contributed by atoms with Crippen molar-refractivity contribution in [1.29, 1.82) is 0 Å². The number of alkyl halides is 3. The third-order valence-electron chi connectivity index (χ3n) is 4.46. The van der Waals surface area contributed by atoms with Gasteiger partial charge in [-0.25, -0.2) is 4.39 Å². The second-order valence-electron chi connectivity index (χ2n) is 6.96. The van der Waals surface area contributed by atoms with Gasteiger partial charge in [0.1, 0.15) is 5.82 Å². The molecule has 1 aromatic rings. The molecule has 0 radical (unpaired) electrons. The molecule has 1 amide bonds. The summed E-state index contributed by atoms with van der Waals surface area (Å²) in [6.07, 6.45) is -3.61. The number of guanidine groups is 1. The minimum absolute atomic E-state index is 0. The van der Waals surface area contributed by atoms with Crippen molar-refractivity contribution in [3.05, 3.63) is 35.1 Å². The Morgan fingerprint density at radius 2 is 2.03 bits per heavy atom. The average Bonchev–Trinajstić information content (AvgIpc) is 3.05. The van der Waals surface area contributed by atoms with Gasteiger partial charge >= 0.3 is 6.18 Å². The number of carbonyl (C=O) groups excluding carboxylic acids is 1. The third-order valence-corrected chi connectivity index (χ3v) is 4.46. The van der Waals surface area contributed by atoms with E-state index < -0.39 is 24.4 Å². The molecule has 0 bridgehead atoms. The van der Waals surface area contributed by atoms with Crippen molar-refractivity contribution in [2.45, 2.75) is 32.5 Å². The molecule has 0 aromatic heterocycles. The fourth-order valence-electron chi connectivity index (χ4n) is 3.03. The number of rotatable bonds is 7. The van der Waals surface area contributed by atoms with E-state index in [1.54, 1.807) is 19.1 Å². The Labute approximate surface area is 190 Å². The Morgan fingerprint density at radius 3 is 2.67 bits per heavy atom. The number of hydrogen-bond acceptors (Lipinski definition) is 3. The van der Waals surface area contributed by atoms with E-state index in [9.17, 15) is 22.4 Å². The maximum atomic E-state index is 13.5. The normalized spacial score (nSPS) is 17.4. The lowest BCUT2D eigenvalue weighted by Gasteiger charge is -2.19. The maximum absolute atomic E-state index is 13.5. The highest BCUT2D eigenvalue weighted by Crippen LogP contribution is 2.19. The number of nitrogens with zero attached hydrogens (tertiary/aromatic N) is 2. The molecule has 170 valence electrons. The summed E-state index contributed by atoms with van der Waals surface area (Å²) in [5.74, 6) is -0.344. The third kappa shape index (κ3) is 9.02. The van der Waals surface area contributed by atoms with Gasteiger partial charge in [0.15, 0.2) is 5.96 Å². The zero-order chi connectivity index (χ0) is 21.4. The summed E-state index contributed by atoms with van der Waals surface area (Å²) < 4.78 is 51.0. The van der Waals surface area contributed by atoms with Gasteiger partial charge in [-0.05, 0) is 38.0 Å². The molecule has 1 heterocycles. The molecule has 1 fully saturated rings. The summed E-state index contributed by atoms with van der Waals surface area (Å²) in [5, 5.41) is 8.84. The number of halogens is 5. The van der Waals surface area contributed by atoms with Crippen LogP contribution in [-0.4, -0.2) is 68.3 Å². The number of carbonyl (C=O) groups is 1. The second-order valence-corrected chi connectivity index (χ2v) is 6.96. The van der Waals surface area contributed by atoms with Crippen LogP contribution in [0.4, 0.5) is 17.6 Å². The van der Waals surface area contributed by atoms with E-state index in [-0.39, 0.29) is 48.7 Å². The van der Waals surface area contributed by atoms with Crippen LogP contribution in [0, 0.1) is 12.7 Å². The number of aliphatic imine (C=N–C) groups is 1. The molecule has 1 atom stereocenters. The number of likely N-dealkylation sites (tertiary alicyclic amines) is 1. The van der Waals surface area contributed by atoms with Crippen LogP contribution in [0.2, 0.25) is 0 Å². The predicted molar refractivity (Wildman–Crippen MR) is 119 cm³/mol. The molecule has 1 unspecified atom stereocenters. The molecule has 1 aliphatic heterocycles. The van der Waals surface area contributed by atoms with Crippen molar-refractivity contribution in [1.82, 2.24) is 20.9 Å². The molecule has 0 saturated carbocycles. The Balaban J connectivity index is 0.00000450. The standard InChI is InChI=1S/C19H27F4N5O.HI/c1-3-24-18(27-15-6-9-28(11-15)12-19(21,22)23)26-8-7-25-17(29)14-5-4-13(2)16(20)10-14;/h4-5,10,15H,3,6-9,11-12H2,1-2H3,(H,25,29)(H2,24,26,27);1H. The zero-order valence-corrected chi connectivity index (χ0v) is 19.3. The Hall–Kier alpha value is -1.63. The predicted octanol–water partition coefficient (Wildman–Crippen LogP) is 2.67. The molecule has 6 nitrogen and oxygen atoms in total. The van der Waals surface area contributed by atoms with E-state index in [1.807, 2.05) is 6.92 Å². The van der Waals surface area contributed by atoms with Crippen LogP contribution in [0.1, 0.15) is 29.3 Å². The van der Waals surface area contributed by atoms with Crippen LogP contribution in [0.5, 0.6) is 0 Å². The van der Waals surface area contributed by atoms with Crippen LogP contribution in [0.15, 0.2) is 23.2 Å². The SMILES string of the molecule is CCNC(=NCCNC(=O)c1ccc(C)c(F)c1)NC1CCN(CC(F)(F)F)C1.I. The molecule has 0 spiro atoms. The number of aryl methyl sites for hydroxylation is 1. The fourth-order valence-corrected chi connectivity index (χ4v) is 3.03. The maximum Gasteiger partial charge on any atom is 0.401 e. The first-order valence-electron chi connectivity index (χ1n) is 9.56. The Kier molecular flexibility index (Phi) is 10.8. The lowest BCUT2D eigenvalue weighted by atomic mass is 10.1.